The summed E-state index contributed by atoms with van der Waals surface area (Å²) in [4.78, 5) is 25.1. The molecule has 4 rings (SSSR count). The van der Waals surface area contributed by atoms with Gasteiger partial charge in [0, 0.05) is 56.3 Å². The van der Waals surface area contributed by atoms with Gasteiger partial charge in [0.15, 0.2) is 0 Å². The molecule has 6 heteroatoms. The summed E-state index contributed by atoms with van der Waals surface area (Å²) >= 11 is 0. The van der Waals surface area contributed by atoms with Crippen molar-refractivity contribution in [2.45, 2.75) is 31.7 Å². The van der Waals surface area contributed by atoms with Gasteiger partial charge in [0.25, 0.3) is 0 Å². The number of nitrogens with one attached hydrogen (secondary N) is 1. The third kappa shape index (κ3) is 3.44. The SMILES string of the molecule is CN(c1ccc2nc(N3CCC(=O)CC3)ncc2c1)C1CCNCC1. The van der Waals surface area contributed by atoms with Crippen LogP contribution in [0.3, 0.4) is 0 Å². The minimum absolute atomic E-state index is 0.336. The van der Waals surface area contributed by atoms with Crippen LogP contribution in [-0.4, -0.2) is 55.0 Å². The van der Waals surface area contributed by atoms with E-state index >= 15 is 0 Å². The molecule has 6 nitrogen and oxygen atoms in total. The topological polar surface area (TPSA) is 61.4 Å². The van der Waals surface area contributed by atoms with Crippen molar-refractivity contribution in [3.63, 3.8) is 0 Å². The molecule has 1 aromatic heterocycles. The first kappa shape index (κ1) is 16.3. The lowest BCUT2D eigenvalue weighted by Gasteiger charge is -2.33. The van der Waals surface area contributed by atoms with E-state index in [1.807, 2.05) is 6.20 Å². The molecule has 2 saturated heterocycles. The molecule has 2 aromatic rings. The highest BCUT2D eigenvalue weighted by molar-refractivity contribution is 5.83. The molecule has 0 saturated carbocycles. The lowest BCUT2D eigenvalue weighted by molar-refractivity contribution is -0.119. The molecule has 25 heavy (non-hydrogen) atoms. The highest BCUT2D eigenvalue weighted by Gasteiger charge is 2.20. The normalized spacial score (nSPS) is 19.4. The summed E-state index contributed by atoms with van der Waals surface area (Å²) in [6.07, 6.45) is 5.46. The van der Waals surface area contributed by atoms with Crippen molar-refractivity contribution in [1.82, 2.24) is 15.3 Å². The number of nitrogens with zero attached hydrogens (tertiary/aromatic N) is 4. The first-order chi connectivity index (χ1) is 12.2. The fraction of sp³-hybridized carbons (Fsp3) is 0.526. The summed E-state index contributed by atoms with van der Waals surface area (Å²) in [7, 11) is 2.18. The molecule has 0 amide bonds. The first-order valence-corrected chi connectivity index (χ1v) is 9.18. The number of aromatic nitrogens is 2. The van der Waals surface area contributed by atoms with E-state index in [0.717, 1.165) is 43.0 Å². The van der Waals surface area contributed by atoms with Gasteiger partial charge in [-0.1, -0.05) is 0 Å². The molecule has 2 aliphatic rings. The highest BCUT2D eigenvalue weighted by atomic mass is 16.1. The van der Waals surface area contributed by atoms with Crippen molar-refractivity contribution in [2.75, 3.05) is 43.0 Å². The number of piperidine rings is 2. The molecule has 0 unspecified atom stereocenters. The molecule has 1 N–H and O–H groups in total. The number of carbonyl (C=O) groups is 1. The second-order valence-corrected chi connectivity index (χ2v) is 7.03. The molecular weight excluding hydrogens is 314 g/mol. The van der Waals surface area contributed by atoms with E-state index in [-0.39, 0.29) is 0 Å². The van der Waals surface area contributed by atoms with Crippen molar-refractivity contribution < 1.29 is 4.79 Å². The Morgan fingerprint density at radius 1 is 1.20 bits per heavy atom. The summed E-state index contributed by atoms with van der Waals surface area (Å²) in [5.74, 6) is 1.07. The molecule has 0 radical (unpaired) electrons. The number of Topliss-reactive ketones (excluding diaryl/α,β-unsaturated/α-hetero) is 1. The fourth-order valence-corrected chi connectivity index (χ4v) is 3.74. The smallest absolute Gasteiger partial charge is 0.225 e. The second kappa shape index (κ2) is 6.96. The van der Waals surface area contributed by atoms with E-state index in [9.17, 15) is 4.79 Å². The summed E-state index contributed by atoms with van der Waals surface area (Å²) in [6.45, 7) is 3.63. The Labute approximate surface area is 148 Å². The van der Waals surface area contributed by atoms with Crippen LogP contribution in [0.15, 0.2) is 24.4 Å². The number of hydrogen-bond acceptors (Lipinski definition) is 6. The lowest BCUT2D eigenvalue weighted by atomic mass is 10.0. The van der Waals surface area contributed by atoms with Crippen molar-refractivity contribution in [2.24, 2.45) is 0 Å². The molecule has 1 aromatic carbocycles. The lowest BCUT2D eigenvalue weighted by Crippen LogP contribution is -2.41. The van der Waals surface area contributed by atoms with Crippen LogP contribution in [0.1, 0.15) is 25.7 Å². The molecule has 2 aliphatic heterocycles. The number of hydrogen-bond donors (Lipinski definition) is 1. The number of rotatable bonds is 3. The number of fused-ring (bicyclic) bond motifs is 1. The summed E-state index contributed by atoms with van der Waals surface area (Å²) < 4.78 is 0. The van der Waals surface area contributed by atoms with E-state index in [0.29, 0.717) is 24.7 Å². The van der Waals surface area contributed by atoms with Crippen LogP contribution in [0.2, 0.25) is 0 Å². The molecule has 0 aliphatic carbocycles. The number of carbonyl (C=O) groups excluding carboxylic acids is 1. The third-order valence-electron chi connectivity index (χ3n) is 5.42. The van der Waals surface area contributed by atoms with Gasteiger partial charge in [0.05, 0.1) is 5.52 Å². The van der Waals surface area contributed by atoms with E-state index in [1.165, 1.54) is 18.5 Å². The molecule has 3 heterocycles. The summed E-state index contributed by atoms with van der Waals surface area (Å²) in [5.41, 5.74) is 2.18. The van der Waals surface area contributed by atoms with Crippen LogP contribution >= 0.6 is 0 Å². The highest BCUT2D eigenvalue weighted by Crippen LogP contribution is 2.25. The van der Waals surface area contributed by atoms with Gasteiger partial charge in [-0.15, -0.1) is 0 Å². The van der Waals surface area contributed by atoms with Crippen LogP contribution in [0.4, 0.5) is 11.6 Å². The molecule has 2 fully saturated rings. The number of anilines is 2. The Morgan fingerprint density at radius 2 is 1.96 bits per heavy atom. The molecular formula is C19H25N5O. The largest absolute Gasteiger partial charge is 0.371 e. The van der Waals surface area contributed by atoms with Crippen molar-refractivity contribution in [3.05, 3.63) is 24.4 Å². The van der Waals surface area contributed by atoms with Gasteiger partial charge in [0.2, 0.25) is 5.95 Å². The van der Waals surface area contributed by atoms with Gasteiger partial charge in [-0.25, -0.2) is 9.97 Å². The van der Waals surface area contributed by atoms with Crippen LogP contribution in [0, 0.1) is 0 Å². The predicted octanol–water partition coefficient (Wildman–Crippen LogP) is 1.99. The van der Waals surface area contributed by atoms with Crippen LogP contribution in [0.25, 0.3) is 10.9 Å². The third-order valence-corrected chi connectivity index (χ3v) is 5.42. The zero-order valence-corrected chi connectivity index (χ0v) is 14.7. The maximum Gasteiger partial charge on any atom is 0.225 e. The number of benzene rings is 1. The van der Waals surface area contributed by atoms with Crippen LogP contribution in [0.5, 0.6) is 0 Å². The Kier molecular flexibility index (Phi) is 4.53. The first-order valence-electron chi connectivity index (χ1n) is 9.18. The van der Waals surface area contributed by atoms with Gasteiger partial charge < -0.3 is 15.1 Å². The Bertz CT molecular complexity index is 761. The minimum Gasteiger partial charge on any atom is -0.371 e. The van der Waals surface area contributed by atoms with Gasteiger partial charge in [-0.3, -0.25) is 4.79 Å². The van der Waals surface area contributed by atoms with E-state index in [4.69, 9.17) is 4.98 Å². The van der Waals surface area contributed by atoms with Gasteiger partial charge in [0.1, 0.15) is 5.78 Å². The maximum absolute atomic E-state index is 11.4. The summed E-state index contributed by atoms with van der Waals surface area (Å²) in [6, 6.07) is 7.01. The maximum atomic E-state index is 11.4. The van der Waals surface area contributed by atoms with Gasteiger partial charge >= 0.3 is 0 Å². The minimum atomic E-state index is 0.336. The average Bonchev–Trinajstić information content (AvgIpc) is 2.68. The second-order valence-electron chi connectivity index (χ2n) is 7.03. The quantitative estimate of drug-likeness (QED) is 0.923. The van der Waals surface area contributed by atoms with Gasteiger partial charge in [-0.05, 0) is 44.1 Å². The van der Waals surface area contributed by atoms with Gasteiger partial charge in [-0.2, -0.15) is 0 Å². The van der Waals surface area contributed by atoms with Crippen molar-refractivity contribution in [3.8, 4) is 0 Å². The zero-order valence-electron chi connectivity index (χ0n) is 14.7. The Balaban J connectivity index is 1.55. The molecule has 0 spiro atoms. The van der Waals surface area contributed by atoms with E-state index < -0.39 is 0 Å². The summed E-state index contributed by atoms with van der Waals surface area (Å²) in [5, 5.41) is 4.48. The zero-order chi connectivity index (χ0) is 17.2. The van der Waals surface area contributed by atoms with Crippen LogP contribution in [-0.2, 0) is 4.79 Å². The predicted molar refractivity (Wildman–Crippen MR) is 100 cm³/mol. The monoisotopic (exact) mass is 339 g/mol. The fourth-order valence-electron chi connectivity index (χ4n) is 3.74. The molecule has 0 atom stereocenters. The van der Waals surface area contributed by atoms with Crippen molar-refractivity contribution >= 4 is 28.3 Å². The van der Waals surface area contributed by atoms with E-state index in [1.54, 1.807) is 0 Å². The van der Waals surface area contributed by atoms with Crippen LogP contribution < -0.4 is 15.1 Å². The standard InChI is InChI=1S/C19H25N5O/c1-23(15-4-8-20-9-5-15)16-2-3-18-14(12-16)13-21-19(22-18)24-10-6-17(25)7-11-24/h2-3,12-13,15,20H,4-11H2,1H3. The molecule has 132 valence electrons. The average molecular weight is 339 g/mol. The molecule has 0 bridgehead atoms. The Hall–Kier alpha value is -2.21. The van der Waals surface area contributed by atoms with Crippen molar-refractivity contribution in [1.29, 1.82) is 0 Å². The number of ketones is 1. The van der Waals surface area contributed by atoms with E-state index in [2.05, 4.69) is 45.3 Å². The Morgan fingerprint density at radius 3 is 2.72 bits per heavy atom.